The van der Waals surface area contributed by atoms with Gasteiger partial charge < -0.3 is 44.8 Å². The van der Waals surface area contributed by atoms with Crippen molar-refractivity contribution in [2.75, 3.05) is 13.2 Å². The summed E-state index contributed by atoms with van der Waals surface area (Å²) >= 11 is 0. The summed E-state index contributed by atoms with van der Waals surface area (Å²) in [5.41, 5.74) is 0. The first-order valence-electron chi connectivity index (χ1n) is 6.86. The molecule has 2 aliphatic heterocycles. The molecule has 124 valence electrons. The number of aliphatic hydroxyl groups is 6. The SMILES string of the molecule is OC[C@@H]1C[C@H](O)[C@@H](O)[C@@H](O[C@H]2O[C@H](CO)C[C@H](O)[C@H]2O)O1. The summed E-state index contributed by atoms with van der Waals surface area (Å²) in [5.74, 6) is 0. The van der Waals surface area contributed by atoms with Crippen molar-refractivity contribution in [1.82, 2.24) is 0 Å². The van der Waals surface area contributed by atoms with Gasteiger partial charge in [-0.2, -0.15) is 0 Å². The van der Waals surface area contributed by atoms with Gasteiger partial charge in [-0.25, -0.2) is 0 Å². The van der Waals surface area contributed by atoms with Gasteiger partial charge in [0.2, 0.25) is 0 Å². The molecule has 0 spiro atoms. The highest BCUT2D eigenvalue weighted by Gasteiger charge is 2.43. The van der Waals surface area contributed by atoms with Gasteiger partial charge in [-0.3, -0.25) is 0 Å². The van der Waals surface area contributed by atoms with E-state index in [0.717, 1.165) is 0 Å². The highest BCUT2D eigenvalue weighted by atomic mass is 16.8. The van der Waals surface area contributed by atoms with Crippen molar-refractivity contribution in [3.8, 4) is 0 Å². The minimum absolute atomic E-state index is 0.0491. The number of hydrogen-bond donors (Lipinski definition) is 6. The van der Waals surface area contributed by atoms with Crippen molar-refractivity contribution in [2.24, 2.45) is 0 Å². The van der Waals surface area contributed by atoms with Crippen molar-refractivity contribution < 1.29 is 44.8 Å². The van der Waals surface area contributed by atoms with Crippen LogP contribution >= 0.6 is 0 Å². The Morgan fingerprint density at radius 2 is 1.14 bits per heavy atom. The first-order chi connectivity index (χ1) is 9.96. The summed E-state index contributed by atoms with van der Waals surface area (Å²) in [6, 6.07) is 0. The zero-order chi connectivity index (χ0) is 15.6. The largest absolute Gasteiger partial charge is 0.394 e. The molecule has 0 aliphatic carbocycles. The van der Waals surface area contributed by atoms with Crippen LogP contribution < -0.4 is 0 Å². The predicted octanol–water partition coefficient (Wildman–Crippen LogP) is -3.34. The van der Waals surface area contributed by atoms with Crippen LogP contribution in [0.5, 0.6) is 0 Å². The Morgan fingerprint density at radius 3 is 1.48 bits per heavy atom. The molecule has 6 N–H and O–H groups in total. The molecule has 9 nitrogen and oxygen atoms in total. The van der Waals surface area contributed by atoms with Crippen LogP contribution in [0.25, 0.3) is 0 Å². The molecule has 0 amide bonds. The van der Waals surface area contributed by atoms with Crippen LogP contribution in [-0.2, 0) is 14.2 Å². The van der Waals surface area contributed by atoms with Crippen LogP contribution in [-0.4, -0.2) is 93.1 Å². The van der Waals surface area contributed by atoms with E-state index in [1.54, 1.807) is 0 Å². The minimum Gasteiger partial charge on any atom is -0.394 e. The second-order valence-corrected chi connectivity index (χ2v) is 5.34. The van der Waals surface area contributed by atoms with Crippen LogP contribution in [0.4, 0.5) is 0 Å². The molecule has 2 saturated heterocycles. The first-order valence-corrected chi connectivity index (χ1v) is 6.86. The summed E-state index contributed by atoms with van der Waals surface area (Å²) in [5, 5.41) is 57.1. The van der Waals surface area contributed by atoms with E-state index in [2.05, 4.69) is 0 Å². The molecule has 8 atom stereocenters. The maximum absolute atomic E-state index is 9.83. The van der Waals surface area contributed by atoms with Crippen LogP contribution in [0.1, 0.15) is 12.8 Å². The van der Waals surface area contributed by atoms with Gasteiger partial charge in [-0.15, -0.1) is 0 Å². The Labute approximate surface area is 121 Å². The molecule has 21 heavy (non-hydrogen) atoms. The van der Waals surface area contributed by atoms with E-state index in [0.29, 0.717) is 0 Å². The van der Waals surface area contributed by atoms with Crippen molar-refractivity contribution in [3.63, 3.8) is 0 Å². The van der Waals surface area contributed by atoms with Gasteiger partial charge in [0.1, 0.15) is 12.2 Å². The lowest BCUT2D eigenvalue weighted by Crippen LogP contribution is -2.56. The van der Waals surface area contributed by atoms with Crippen molar-refractivity contribution in [2.45, 2.75) is 62.0 Å². The Hall–Kier alpha value is -0.360. The fraction of sp³-hybridized carbons (Fsp3) is 1.00. The van der Waals surface area contributed by atoms with E-state index >= 15 is 0 Å². The monoisotopic (exact) mass is 310 g/mol. The van der Waals surface area contributed by atoms with E-state index < -0.39 is 49.2 Å². The number of aliphatic hydroxyl groups excluding tert-OH is 6. The molecule has 0 saturated carbocycles. The Bertz CT molecular complexity index is 298. The molecule has 0 radical (unpaired) electrons. The summed E-state index contributed by atoms with van der Waals surface area (Å²) in [6.07, 6.45) is -9.04. The maximum Gasteiger partial charge on any atom is 0.189 e. The molecule has 0 aromatic carbocycles. The quantitative estimate of drug-likeness (QED) is 0.313. The lowest BCUT2D eigenvalue weighted by molar-refractivity contribution is -0.356. The fourth-order valence-electron chi connectivity index (χ4n) is 2.42. The number of hydrogen-bond acceptors (Lipinski definition) is 9. The predicted molar refractivity (Wildman–Crippen MR) is 65.8 cm³/mol. The first kappa shape index (κ1) is 17.0. The van der Waals surface area contributed by atoms with Gasteiger partial charge in [0.05, 0.1) is 37.6 Å². The third-order valence-electron chi connectivity index (χ3n) is 3.68. The molecule has 0 unspecified atom stereocenters. The average molecular weight is 310 g/mol. The maximum atomic E-state index is 9.83. The van der Waals surface area contributed by atoms with Crippen molar-refractivity contribution in [1.29, 1.82) is 0 Å². The zero-order valence-corrected chi connectivity index (χ0v) is 11.4. The molecule has 2 fully saturated rings. The molecule has 2 aliphatic rings. The summed E-state index contributed by atoms with van der Waals surface area (Å²) in [6.45, 7) is -0.723. The molecule has 0 bridgehead atoms. The Balaban J connectivity index is 2.00. The third-order valence-corrected chi connectivity index (χ3v) is 3.68. The van der Waals surface area contributed by atoms with Crippen LogP contribution in [0, 0.1) is 0 Å². The van der Waals surface area contributed by atoms with E-state index in [4.69, 9.17) is 24.4 Å². The topological polar surface area (TPSA) is 149 Å². The van der Waals surface area contributed by atoms with E-state index in [1.807, 2.05) is 0 Å². The van der Waals surface area contributed by atoms with Crippen LogP contribution in [0.2, 0.25) is 0 Å². The fourth-order valence-corrected chi connectivity index (χ4v) is 2.42. The van der Waals surface area contributed by atoms with E-state index in [9.17, 15) is 20.4 Å². The standard InChI is InChI=1S/C12H22O9/c13-3-5-1-7(15)9(17)11(19-5)21-12-10(18)8(16)2-6(4-14)20-12/h5-18H,1-4H2/t5-,6-,7-,8-,9+,10+,11+,12+/m0/s1. The Kier molecular flexibility index (Phi) is 5.88. The third kappa shape index (κ3) is 3.89. The van der Waals surface area contributed by atoms with Crippen molar-refractivity contribution >= 4 is 0 Å². The van der Waals surface area contributed by atoms with Crippen LogP contribution in [0.15, 0.2) is 0 Å². The van der Waals surface area contributed by atoms with Gasteiger partial charge in [-0.05, 0) is 0 Å². The average Bonchev–Trinajstić information content (AvgIpc) is 2.47. The van der Waals surface area contributed by atoms with E-state index in [-0.39, 0.29) is 26.1 Å². The second kappa shape index (κ2) is 7.27. The smallest absolute Gasteiger partial charge is 0.189 e. The Morgan fingerprint density at radius 1 is 0.762 bits per heavy atom. The highest BCUT2D eigenvalue weighted by Crippen LogP contribution is 2.27. The van der Waals surface area contributed by atoms with Gasteiger partial charge in [0.25, 0.3) is 0 Å². The molecular weight excluding hydrogens is 288 g/mol. The molecule has 2 rings (SSSR count). The highest BCUT2D eigenvalue weighted by molar-refractivity contribution is 4.85. The zero-order valence-electron chi connectivity index (χ0n) is 11.4. The van der Waals surface area contributed by atoms with Gasteiger partial charge >= 0.3 is 0 Å². The molecular formula is C12H22O9. The number of ether oxygens (including phenoxy) is 3. The molecule has 2 heterocycles. The summed E-state index contributed by atoms with van der Waals surface area (Å²) in [7, 11) is 0. The van der Waals surface area contributed by atoms with Gasteiger partial charge in [0, 0.05) is 12.8 Å². The van der Waals surface area contributed by atoms with Gasteiger partial charge in [-0.1, -0.05) is 0 Å². The molecule has 0 aromatic rings. The molecule has 9 heteroatoms. The van der Waals surface area contributed by atoms with Gasteiger partial charge in [0.15, 0.2) is 12.6 Å². The lowest BCUT2D eigenvalue weighted by Gasteiger charge is -2.41. The van der Waals surface area contributed by atoms with Crippen molar-refractivity contribution in [3.05, 3.63) is 0 Å². The summed E-state index contributed by atoms with van der Waals surface area (Å²) < 4.78 is 15.8. The van der Waals surface area contributed by atoms with Crippen LogP contribution in [0.3, 0.4) is 0 Å². The van der Waals surface area contributed by atoms with E-state index in [1.165, 1.54) is 0 Å². The number of rotatable bonds is 4. The minimum atomic E-state index is -1.38. The second-order valence-electron chi connectivity index (χ2n) is 5.34. The normalized spacial score (nSPS) is 48.3. The molecule has 0 aromatic heterocycles. The summed E-state index contributed by atoms with van der Waals surface area (Å²) in [4.78, 5) is 0. The lowest BCUT2D eigenvalue weighted by atomic mass is 10.0.